The lowest BCUT2D eigenvalue weighted by atomic mass is 9.94. The van der Waals surface area contributed by atoms with Crippen LogP contribution in [0.2, 0.25) is 0 Å². The third-order valence-corrected chi connectivity index (χ3v) is 6.03. The number of carbonyl (C=O) groups excluding carboxylic acids is 2. The molecule has 2 aromatic carbocycles. The van der Waals surface area contributed by atoms with E-state index in [0.29, 0.717) is 35.0 Å². The van der Waals surface area contributed by atoms with E-state index in [1.54, 1.807) is 48.8 Å². The van der Waals surface area contributed by atoms with Crippen LogP contribution in [0.5, 0.6) is 5.75 Å². The number of aryl methyl sites for hydroxylation is 1. The van der Waals surface area contributed by atoms with E-state index in [0.717, 1.165) is 5.56 Å². The van der Waals surface area contributed by atoms with Gasteiger partial charge in [-0.05, 0) is 53.8 Å². The number of aromatic nitrogens is 1. The summed E-state index contributed by atoms with van der Waals surface area (Å²) in [6, 6.07) is 13.2. The highest BCUT2D eigenvalue weighted by atomic mass is 16.6. The minimum Gasteiger partial charge on any atom is -0.507 e. The molecule has 1 amide bonds. The summed E-state index contributed by atoms with van der Waals surface area (Å²) < 4.78 is 5.81. The fourth-order valence-corrected chi connectivity index (χ4v) is 4.26. The first-order valence-corrected chi connectivity index (χ1v) is 11.8. The van der Waals surface area contributed by atoms with Gasteiger partial charge >= 0.3 is 0 Å². The summed E-state index contributed by atoms with van der Waals surface area (Å²) in [5, 5.41) is 22.8. The number of rotatable bonds is 8. The number of ether oxygens (including phenoxy) is 1. The minimum absolute atomic E-state index is 0.0313. The number of carbonyl (C=O) groups is 2. The van der Waals surface area contributed by atoms with Crippen LogP contribution in [-0.2, 0) is 16.1 Å². The molecule has 190 valence electrons. The number of amides is 1. The van der Waals surface area contributed by atoms with Crippen molar-refractivity contribution in [3.8, 4) is 5.75 Å². The van der Waals surface area contributed by atoms with Crippen molar-refractivity contribution in [1.82, 2.24) is 9.88 Å². The van der Waals surface area contributed by atoms with Crippen LogP contribution in [0, 0.1) is 23.0 Å². The maximum absolute atomic E-state index is 13.3. The SMILES string of the molecule is Cc1cc(/C(O)=C2\C(=O)C(=O)N(Cc3cccnc3)[C@@H]2c2cccc([N+](=O)[O-])c2)ccc1OCC(C)C. The predicted octanol–water partition coefficient (Wildman–Crippen LogP) is 4.95. The number of benzene rings is 2. The summed E-state index contributed by atoms with van der Waals surface area (Å²) >= 11 is 0. The zero-order valence-electron chi connectivity index (χ0n) is 20.7. The Kier molecular flexibility index (Phi) is 7.33. The molecule has 4 rings (SSSR count). The van der Waals surface area contributed by atoms with Crippen molar-refractivity contribution in [2.24, 2.45) is 5.92 Å². The number of ketones is 1. The molecule has 1 aromatic heterocycles. The number of aliphatic hydroxyl groups is 1. The number of hydrogen-bond acceptors (Lipinski definition) is 7. The lowest BCUT2D eigenvalue weighted by molar-refractivity contribution is -0.384. The Bertz CT molecular complexity index is 1380. The van der Waals surface area contributed by atoms with Crippen LogP contribution in [0.15, 0.2) is 72.6 Å². The summed E-state index contributed by atoms with van der Waals surface area (Å²) in [7, 11) is 0. The van der Waals surface area contributed by atoms with Crippen molar-refractivity contribution in [2.75, 3.05) is 6.61 Å². The molecule has 0 aliphatic carbocycles. The fraction of sp³-hybridized carbons (Fsp3) is 0.250. The fourth-order valence-electron chi connectivity index (χ4n) is 4.26. The lowest BCUT2D eigenvalue weighted by Gasteiger charge is -2.25. The molecular weight excluding hydrogens is 474 g/mol. The smallest absolute Gasteiger partial charge is 0.295 e. The largest absolute Gasteiger partial charge is 0.507 e. The average molecular weight is 502 g/mol. The van der Waals surface area contributed by atoms with Gasteiger partial charge in [0, 0.05) is 36.6 Å². The van der Waals surface area contributed by atoms with Crippen LogP contribution in [0.4, 0.5) is 5.69 Å². The number of nitro groups is 1. The molecule has 37 heavy (non-hydrogen) atoms. The Balaban J connectivity index is 1.83. The quantitative estimate of drug-likeness (QED) is 0.152. The Morgan fingerprint density at radius 1 is 1.16 bits per heavy atom. The Hall–Kier alpha value is -4.53. The Morgan fingerprint density at radius 3 is 2.59 bits per heavy atom. The van der Waals surface area contributed by atoms with Gasteiger partial charge in [0.2, 0.25) is 0 Å². The van der Waals surface area contributed by atoms with Crippen LogP contribution in [0.3, 0.4) is 0 Å². The van der Waals surface area contributed by atoms with E-state index < -0.39 is 22.7 Å². The van der Waals surface area contributed by atoms with E-state index in [1.165, 1.54) is 23.1 Å². The average Bonchev–Trinajstić information content (AvgIpc) is 3.13. The van der Waals surface area contributed by atoms with Crippen LogP contribution in [-0.4, -0.2) is 38.2 Å². The summed E-state index contributed by atoms with van der Waals surface area (Å²) in [6.45, 7) is 6.45. The molecule has 1 saturated heterocycles. The van der Waals surface area contributed by atoms with E-state index in [4.69, 9.17) is 4.74 Å². The van der Waals surface area contributed by atoms with Crippen LogP contribution in [0.1, 0.15) is 42.1 Å². The van der Waals surface area contributed by atoms with Gasteiger partial charge in [-0.25, -0.2) is 0 Å². The molecule has 1 atom stereocenters. The lowest BCUT2D eigenvalue weighted by Crippen LogP contribution is -2.29. The number of aliphatic hydroxyl groups excluding tert-OH is 1. The molecular formula is C28H27N3O6. The van der Waals surface area contributed by atoms with Gasteiger partial charge in [-0.1, -0.05) is 32.0 Å². The highest BCUT2D eigenvalue weighted by molar-refractivity contribution is 6.46. The Morgan fingerprint density at radius 2 is 1.95 bits per heavy atom. The van der Waals surface area contributed by atoms with Crippen molar-refractivity contribution in [3.05, 3.63) is 105 Å². The normalized spacial score (nSPS) is 16.9. The zero-order chi connectivity index (χ0) is 26.7. The molecule has 3 aromatic rings. The third-order valence-electron chi connectivity index (χ3n) is 6.03. The molecule has 0 radical (unpaired) electrons. The van der Waals surface area contributed by atoms with E-state index in [9.17, 15) is 24.8 Å². The van der Waals surface area contributed by atoms with Crippen LogP contribution in [0.25, 0.3) is 5.76 Å². The molecule has 9 nitrogen and oxygen atoms in total. The van der Waals surface area contributed by atoms with Gasteiger partial charge in [-0.15, -0.1) is 0 Å². The molecule has 1 aliphatic heterocycles. The summed E-state index contributed by atoms with van der Waals surface area (Å²) in [6.07, 6.45) is 3.16. The molecule has 9 heteroatoms. The molecule has 0 unspecified atom stereocenters. The van der Waals surface area contributed by atoms with Crippen molar-refractivity contribution in [2.45, 2.75) is 33.4 Å². The van der Waals surface area contributed by atoms with Crippen molar-refractivity contribution in [1.29, 1.82) is 0 Å². The summed E-state index contributed by atoms with van der Waals surface area (Å²) in [5.74, 6) is -1.05. The Labute approximate surface area is 214 Å². The second kappa shape index (κ2) is 10.6. The number of nitrogens with zero attached hydrogens (tertiary/aromatic N) is 3. The van der Waals surface area contributed by atoms with E-state index in [1.807, 2.05) is 20.8 Å². The molecule has 0 saturated carbocycles. The van der Waals surface area contributed by atoms with Crippen molar-refractivity contribution < 1.29 is 24.4 Å². The highest BCUT2D eigenvalue weighted by Gasteiger charge is 2.46. The number of likely N-dealkylation sites (tertiary alicyclic amines) is 1. The van der Waals surface area contributed by atoms with Crippen molar-refractivity contribution in [3.63, 3.8) is 0 Å². The number of Topliss-reactive ketones (excluding diaryl/α,β-unsaturated/α-hetero) is 1. The maximum atomic E-state index is 13.3. The second-order valence-electron chi connectivity index (χ2n) is 9.33. The molecule has 1 N–H and O–H groups in total. The van der Waals surface area contributed by atoms with E-state index >= 15 is 0 Å². The maximum Gasteiger partial charge on any atom is 0.295 e. The first-order chi connectivity index (χ1) is 17.7. The number of nitro benzene ring substituents is 1. The molecule has 1 fully saturated rings. The standard InChI is InChI=1S/C28H27N3O6/c1-17(2)16-37-23-10-9-21(12-18(23)3)26(32)24-25(20-7-4-8-22(13-20)31(35)36)30(28(34)27(24)33)15-19-6-5-11-29-14-19/h4-14,17,25,32H,15-16H2,1-3H3/b26-24+/t25-/m1/s1. The topological polar surface area (TPSA) is 123 Å². The first kappa shape index (κ1) is 25.6. The number of hydrogen-bond donors (Lipinski definition) is 1. The monoisotopic (exact) mass is 501 g/mol. The third kappa shape index (κ3) is 5.35. The van der Waals surface area contributed by atoms with Gasteiger partial charge in [-0.3, -0.25) is 24.7 Å². The number of pyridine rings is 1. The molecule has 1 aliphatic rings. The van der Waals surface area contributed by atoms with Gasteiger partial charge in [-0.2, -0.15) is 0 Å². The number of non-ortho nitro benzene ring substituents is 1. The van der Waals surface area contributed by atoms with Gasteiger partial charge in [0.25, 0.3) is 17.4 Å². The molecule has 2 heterocycles. The minimum atomic E-state index is -1.03. The summed E-state index contributed by atoms with van der Waals surface area (Å²) in [5.41, 5.74) is 1.77. The van der Waals surface area contributed by atoms with Crippen molar-refractivity contribution >= 4 is 23.1 Å². The van der Waals surface area contributed by atoms with Gasteiger partial charge < -0.3 is 14.7 Å². The highest BCUT2D eigenvalue weighted by Crippen LogP contribution is 2.41. The van der Waals surface area contributed by atoms with Gasteiger partial charge in [0.1, 0.15) is 11.5 Å². The van der Waals surface area contributed by atoms with Gasteiger partial charge in [0.15, 0.2) is 0 Å². The first-order valence-electron chi connectivity index (χ1n) is 11.8. The van der Waals surface area contributed by atoms with E-state index in [2.05, 4.69) is 4.98 Å². The second-order valence-corrected chi connectivity index (χ2v) is 9.33. The van der Waals surface area contributed by atoms with Crippen LogP contribution < -0.4 is 4.74 Å². The van der Waals surface area contributed by atoms with Gasteiger partial charge in [0.05, 0.1) is 23.1 Å². The molecule has 0 bridgehead atoms. The predicted molar refractivity (Wildman–Crippen MR) is 137 cm³/mol. The van der Waals surface area contributed by atoms with E-state index in [-0.39, 0.29) is 23.6 Å². The summed E-state index contributed by atoms with van der Waals surface area (Å²) in [4.78, 5) is 42.7. The molecule has 0 spiro atoms. The zero-order valence-corrected chi connectivity index (χ0v) is 20.7. The van der Waals surface area contributed by atoms with Crippen LogP contribution >= 0.6 is 0 Å².